The summed E-state index contributed by atoms with van der Waals surface area (Å²) in [6.07, 6.45) is 0. The van der Waals surface area contributed by atoms with Crippen molar-refractivity contribution in [3.05, 3.63) is 83.4 Å². The van der Waals surface area contributed by atoms with Crippen molar-refractivity contribution in [1.29, 1.82) is 0 Å². The predicted molar refractivity (Wildman–Crippen MR) is 129 cm³/mol. The van der Waals surface area contributed by atoms with Crippen LogP contribution in [0, 0.1) is 6.92 Å². The van der Waals surface area contributed by atoms with Crippen LogP contribution in [0.3, 0.4) is 0 Å². The predicted octanol–water partition coefficient (Wildman–Crippen LogP) is 4.05. The fourth-order valence-corrected chi connectivity index (χ4v) is 4.54. The Morgan fingerprint density at radius 3 is 2.33 bits per heavy atom. The van der Waals surface area contributed by atoms with Crippen molar-refractivity contribution >= 4 is 33.2 Å². The lowest BCUT2D eigenvalue weighted by molar-refractivity contribution is -0.119. The van der Waals surface area contributed by atoms with Crippen LogP contribution >= 0.6 is 11.6 Å². The van der Waals surface area contributed by atoms with E-state index in [9.17, 15) is 13.2 Å². The number of hydrogen-bond acceptors (Lipinski definition) is 5. The van der Waals surface area contributed by atoms with Crippen LogP contribution in [0.25, 0.3) is 0 Å². The number of nitrogens with one attached hydrogen (secondary N) is 1. The minimum atomic E-state index is -3.99. The molecule has 0 spiro atoms. The van der Waals surface area contributed by atoms with Crippen molar-refractivity contribution in [2.45, 2.75) is 11.8 Å². The third-order valence-corrected chi connectivity index (χ3v) is 6.79. The number of sulfonamides is 1. The molecule has 0 unspecified atom stereocenters. The second kappa shape index (κ2) is 11.1. The zero-order chi connectivity index (χ0) is 23.8. The highest BCUT2D eigenvalue weighted by Crippen LogP contribution is 2.25. The van der Waals surface area contributed by atoms with Gasteiger partial charge in [0.25, 0.3) is 10.0 Å². The van der Waals surface area contributed by atoms with Crippen molar-refractivity contribution in [3.8, 4) is 11.5 Å². The number of nitrogens with zero attached hydrogens (tertiary/aromatic N) is 1. The fraction of sp³-hybridized carbons (Fsp3) is 0.208. The van der Waals surface area contributed by atoms with E-state index in [0.717, 1.165) is 9.87 Å². The minimum absolute atomic E-state index is 0.0432. The van der Waals surface area contributed by atoms with Gasteiger partial charge >= 0.3 is 0 Å². The summed E-state index contributed by atoms with van der Waals surface area (Å²) in [6, 6.07) is 19.9. The van der Waals surface area contributed by atoms with Crippen LogP contribution in [0.2, 0.25) is 5.02 Å². The average Bonchev–Trinajstić information content (AvgIpc) is 2.81. The number of rotatable bonds is 10. The number of carbonyl (C=O) groups is 1. The van der Waals surface area contributed by atoms with Crippen LogP contribution in [0.5, 0.6) is 11.5 Å². The molecule has 0 aliphatic heterocycles. The number of benzene rings is 3. The largest absolute Gasteiger partial charge is 0.497 e. The molecule has 0 heterocycles. The molecular formula is C24H25ClN2O5S. The van der Waals surface area contributed by atoms with Crippen LogP contribution in [-0.2, 0) is 14.8 Å². The molecule has 0 aliphatic rings. The number of methoxy groups -OCH3 is 1. The van der Waals surface area contributed by atoms with E-state index in [1.54, 1.807) is 55.6 Å². The highest BCUT2D eigenvalue weighted by Gasteiger charge is 2.27. The van der Waals surface area contributed by atoms with E-state index in [0.29, 0.717) is 22.2 Å². The van der Waals surface area contributed by atoms with Gasteiger partial charge in [-0.25, -0.2) is 8.42 Å². The van der Waals surface area contributed by atoms with Gasteiger partial charge in [-0.05, 0) is 55.5 Å². The summed E-state index contributed by atoms with van der Waals surface area (Å²) in [7, 11) is -2.42. The molecule has 3 aromatic carbocycles. The quantitative estimate of drug-likeness (QED) is 0.435. The number of anilines is 1. The summed E-state index contributed by atoms with van der Waals surface area (Å²) in [6.45, 7) is 1.94. The molecule has 174 valence electrons. The molecule has 3 rings (SSSR count). The first-order valence-electron chi connectivity index (χ1n) is 10.2. The Bertz CT molecular complexity index is 1180. The molecule has 9 heteroatoms. The van der Waals surface area contributed by atoms with Gasteiger partial charge < -0.3 is 14.8 Å². The van der Waals surface area contributed by atoms with Gasteiger partial charge in [0.2, 0.25) is 5.91 Å². The maximum Gasteiger partial charge on any atom is 0.264 e. The lowest BCUT2D eigenvalue weighted by Gasteiger charge is -2.24. The number of aryl methyl sites for hydroxylation is 1. The third-order valence-electron chi connectivity index (χ3n) is 4.74. The molecule has 7 nitrogen and oxygen atoms in total. The number of hydrogen-bond donors (Lipinski definition) is 1. The molecule has 0 bridgehead atoms. The van der Waals surface area contributed by atoms with Crippen molar-refractivity contribution < 1.29 is 22.7 Å². The highest BCUT2D eigenvalue weighted by molar-refractivity contribution is 7.92. The van der Waals surface area contributed by atoms with E-state index >= 15 is 0 Å². The number of amides is 1. The third kappa shape index (κ3) is 6.63. The summed E-state index contributed by atoms with van der Waals surface area (Å²) in [5, 5.41) is 3.12. The molecule has 0 aliphatic carbocycles. The van der Waals surface area contributed by atoms with E-state index in [1.807, 2.05) is 6.92 Å². The molecule has 3 aromatic rings. The Labute approximate surface area is 198 Å². The Hall–Kier alpha value is -3.23. The minimum Gasteiger partial charge on any atom is -0.497 e. The Kier molecular flexibility index (Phi) is 8.19. The van der Waals surface area contributed by atoms with Crippen LogP contribution in [-0.4, -0.2) is 41.1 Å². The smallest absolute Gasteiger partial charge is 0.264 e. The van der Waals surface area contributed by atoms with Gasteiger partial charge in [0, 0.05) is 11.1 Å². The van der Waals surface area contributed by atoms with Gasteiger partial charge in [0.1, 0.15) is 24.7 Å². The summed E-state index contributed by atoms with van der Waals surface area (Å²) in [5.74, 6) is 0.815. The molecule has 0 fully saturated rings. The van der Waals surface area contributed by atoms with E-state index in [1.165, 1.54) is 24.3 Å². The van der Waals surface area contributed by atoms with Gasteiger partial charge in [0.15, 0.2) is 0 Å². The van der Waals surface area contributed by atoms with E-state index in [2.05, 4.69) is 5.32 Å². The topological polar surface area (TPSA) is 84.9 Å². The molecular weight excluding hydrogens is 464 g/mol. The summed E-state index contributed by atoms with van der Waals surface area (Å²) in [5.41, 5.74) is 1.36. The van der Waals surface area contributed by atoms with Crippen LogP contribution in [0.4, 0.5) is 5.69 Å². The number of carbonyl (C=O) groups excluding carboxylic acids is 1. The van der Waals surface area contributed by atoms with Crippen molar-refractivity contribution in [3.63, 3.8) is 0 Å². The first kappa shape index (κ1) is 24.4. The second-order valence-electron chi connectivity index (χ2n) is 7.18. The monoisotopic (exact) mass is 488 g/mol. The van der Waals surface area contributed by atoms with Crippen LogP contribution in [0.15, 0.2) is 77.7 Å². The molecule has 0 aromatic heterocycles. The summed E-state index contributed by atoms with van der Waals surface area (Å²) in [4.78, 5) is 12.7. The lowest BCUT2D eigenvalue weighted by atomic mass is 10.2. The SMILES string of the molecule is COc1cccc(OCCNC(=O)CN(c2ccc(C)cc2)S(=O)(=O)c2ccc(Cl)cc2)c1. The fourth-order valence-electron chi connectivity index (χ4n) is 3.00. The maximum absolute atomic E-state index is 13.3. The number of ether oxygens (including phenoxy) is 2. The van der Waals surface area contributed by atoms with E-state index < -0.39 is 15.9 Å². The van der Waals surface area contributed by atoms with E-state index in [4.69, 9.17) is 21.1 Å². The lowest BCUT2D eigenvalue weighted by Crippen LogP contribution is -2.41. The van der Waals surface area contributed by atoms with Gasteiger partial charge in [-0.15, -0.1) is 0 Å². The van der Waals surface area contributed by atoms with Crippen LogP contribution in [0.1, 0.15) is 5.56 Å². The zero-order valence-electron chi connectivity index (χ0n) is 18.3. The van der Waals surface area contributed by atoms with Gasteiger partial charge in [-0.3, -0.25) is 9.10 Å². The number of halogens is 1. The standard InChI is InChI=1S/C24H25ClN2O5S/c1-18-6-10-20(11-7-18)27(33(29,30)23-12-8-19(25)9-13-23)17-24(28)26-14-15-32-22-5-3-4-21(16-22)31-2/h3-13,16H,14-15,17H2,1-2H3,(H,26,28). The normalized spacial score (nSPS) is 11.0. The van der Waals surface area contributed by atoms with Crippen molar-refractivity contribution in [1.82, 2.24) is 5.32 Å². The highest BCUT2D eigenvalue weighted by atomic mass is 35.5. The molecule has 1 N–H and O–H groups in total. The Morgan fingerprint density at radius 2 is 1.67 bits per heavy atom. The van der Waals surface area contributed by atoms with Crippen molar-refractivity contribution in [2.75, 3.05) is 31.1 Å². The summed E-state index contributed by atoms with van der Waals surface area (Å²) < 4.78 is 38.4. The van der Waals surface area contributed by atoms with Crippen molar-refractivity contribution in [2.24, 2.45) is 0 Å². The van der Waals surface area contributed by atoms with E-state index in [-0.39, 0.29) is 24.6 Å². The van der Waals surface area contributed by atoms with Gasteiger partial charge in [0.05, 0.1) is 24.2 Å². The second-order valence-corrected chi connectivity index (χ2v) is 9.48. The molecule has 1 amide bonds. The molecule has 0 radical (unpaired) electrons. The first-order chi connectivity index (χ1) is 15.8. The van der Waals surface area contributed by atoms with Crippen LogP contribution < -0.4 is 19.1 Å². The molecule has 0 atom stereocenters. The van der Waals surface area contributed by atoms with Gasteiger partial charge in [-0.1, -0.05) is 35.4 Å². The van der Waals surface area contributed by atoms with Gasteiger partial charge in [-0.2, -0.15) is 0 Å². The Morgan fingerprint density at radius 1 is 1.00 bits per heavy atom. The summed E-state index contributed by atoms with van der Waals surface area (Å²) >= 11 is 5.90. The zero-order valence-corrected chi connectivity index (χ0v) is 19.9. The maximum atomic E-state index is 13.3. The molecule has 0 saturated heterocycles. The average molecular weight is 489 g/mol. The first-order valence-corrected chi connectivity index (χ1v) is 12.0. The molecule has 0 saturated carbocycles. The molecule has 33 heavy (non-hydrogen) atoms. The Balaban J connectivity index is 1.68.